The fraction of sp³-hybridized carbons (Fsp3) is 0.182. The van der Waals surface area contributed by atoms with Crippen molar-refractivity contribution in [3.63, 3.8) is 0 Å². The third-order valence-electron chi connectivity index (χ3n) is 4.72. The first-order valence-electron chi connectivity index (χ1n) is 8.27. The molecular formula is C22H21N. The summed E-state index contributed by atoms with van der Waals surface area (Å²) in [6.45, 7) is 4.36. The van der Waals surface area contributed by atoms with Crippen molar-refractivity contribution in [3.05, 3.63) is 89.0 Å². The van der Waals surface area contributed by atoms with Crippen LogP contribution >= 0.6 is 0 Å². The molecule has 0 spiro atoms. The maximum Gasteiger partial charge on any atom is 0.0493 e. The summed E-state index contributed by atoms with van der Waals surface area (Å²) >= 11 is 0. The predicted octanol–water partition coefficient (Wildman–Crippen LogP) is 5.87. The Balaban J connectivity index is 2.00. The molecule has 3 aromatic rings. The highest BCUT2D eigenvalue weighted by molar-refractivity contribution is 5.82. The third-order valence-corrected chi connectivity index (χ3v) is 4.72. The minimum Gasteiger partial charge on any atom is -0.310 e. The molecule has 1 heteroatoms. The SMILES string of the molecule is Cc1ccc(N2c3ccccc3CCc3ccccc32)c(C)c1. The summed E-state index contributed by atoms with van der Waals surface area (Å²) in [6.07, 6.45) is 2.18. The van der Waals surface area contributed by atoms with Crippen molar-refractivity contribution in [2.45, 2.75) is 26.7 Å². The molecule has 1 nitrogen and oxygen atoms in total. The van der Waals surface area contributed by atoms with Crippen molar-refractivity contribution >= 4 is 17.1 Å². The van der Waals surface area contributed by atoms with Crippen molar-refractivity contribution in [1.29, 1.82) is 0 Å². The molecule has 0 unspecified atom stereocenters. The Kier molecular flexibility index (Phi) is 3.42. The second-order valence-corrected chi connectivity index (χ2v) is 6.38. The van der Waals surface area contributed by atoms with E-state index in [-0.39, 0.29) is 0 Å². The average Bonchev–Trinajstić information content (AvgIpc) is 2.72. The Bertz CT molecular complexity index is 816. The molecule has 3 aromatic carbocycles. The minimum absolute atomic E-state index is 1.09. The second kappa shape index (κ2) is 5.58. The molecule has 0 amide bonds. The standard InChI is InChI=1S/C22H21N/c1-16-11-14-20(17(2)15-16)23-21-9-5-3-7-18(21)12-13-19-8-4-6-10-22(19)23/h3-11,14-15H,12-13H2,1-2H3. The molecule has 1 aliphatic rings. The average molecular weight is 299 g/mol. The van der Waals surface area contributed by atoms with Gasteiger partial charge in [-0.25, -0.2) is 0 Å². The Labute approximate surface area is 138 Å². The van der Waals surface area contributed by atoms with Crippen LogP contribution in [0.1, 0.15) is 22.3 Å². The molecule has 0 saturated carbocycles. The van der Waals surface area contributed by atoms with Crippen LogP contribution in [0.2, 0.25) is 0 Å². The Morgan fingerprint density at radius 1 is 0.652 bits per heavy atom. The maximum atomic E-state index is 2.44. The molecule has 0 N–H and O–H groups in total. The van der Waals surface area contributed by atoms with Gasteiger partial charge in [-0.05, 0) is 61.6 Å². The molecular weight excluding hydrogens is 278 g/mol. The van der Waals surface area contributed by atoms with E-state index in [2.05, 4.69) is 85.5 Å². The summed E-state index contributed by atoms with van der Waals surface area (Å²) in [7, 11) is 0. The van der Waals surface area contributed by atoms with Crippen molar-refractivity contribution in [1.82, 2.24) is 0 Å². The van der Waals surface area contributed by atoms with Gasteiger partial charge in [0.1, 0.15) is 0 Å². The van der Waals surface area contributed by atoms with E-state index in [4.69, 9.17) is 0 Å². The van der Waals surface area contributed by atoms with Crippen molar-refractivity contribution in [2.24, 2.45) is 0 Å². The van der Waals surface area contributed by atoms with Crippen LogP contribution in [0, 0.1) is 13.8 Å². The molecule has 1 aliphatic heterocycles. The van der Waals surface area contributed by atoms with Gasteiger partial charge < -0.3 is 4.90 Å². The van der Waals surface area contributed by atoms with Crippen molar-refractivity contribution < 1.29 is 0 Å². The first-order chi connectivity index (χ1) is 11.2. The molecule has 0 fully saturated rings. The number of nitrogens with zero attached hydrogens (tertiary/aromatic N) is 1. The fourth-order valence-electron chi connectivity index (χ4n) is 3.60. The van der Waals surface area contributed by atoms with Crippen molar-refractivity contribution in [3.8, 4) is 0 Å². The Morgan fingerprint density at radius 3 is 1.78 bits per heavy atom. The lowest BCUT2D eigenvalue weighted by atomic mass is 10.0. The zero-order valence-electron chi connectivity index (χ0n) is 13.7. The lowest BCUT2D eigenvalue weighted by Crippen LogP contribution is -2.13. The van der Waals surface area contributed by atoms with E-state index >= 15 is 0 Å². The molecule has 0 saturated heterocycles. The van der Waals surface area contributed by atoms with E-state index in [1.54, 1.807) is 0 Å². The number of hydrogen-bond donors (Lipinski definition) is 0. The summed E-state index contributed by atoms with van der Waals surface area (Å²) in [6, 6.07) is 24.3. The molecule has 0 bridgehead atoms. The number of aryl methyl sites for hydroxylation is 4. The first-order valence-corrected chi connectivity index (χ1v) is 8.27. The second-order valence-electron chi connectivity index (χ2n) is 6.38. The lowest BCUT2D eigenvalue weighted by Gasteiger charge is -2.28. The van der Waals surface area contributed by atoms with Crippen LogP contribution < -0.4 is 4.90 Å². The molecule has 114 valence electrons. The number of rotatable bonds is 1. The smallest absolute Gasteiger partial charge is 0.0493 e. The van der Waals surface area contributed by atoms with Crippen LogP contribution in [-0.2, 0) is 12.8 Å². The molecule has 1 heterocycles. The minimum atomic E-state index is 1.09. The van der Waals surface area contributed by atoms with E-state index in [1.807, 2.05) is 0 Å². The summed E-state index contributed by atoms with van der Waals surface area (Å²) < 4.78 is 0. The van der Waals surface area contributed by atoms with Gasteiger partial charge in [0.05, 0.1) is 0 Å². The normalized spacial score (nSPS) is 13.2. The highest BCUT2D eigenvalue weighted by Gasteiger charge is 2.22. The molecule has 0 radical (unpaired) electrons. The summed E-state index contributed by atoms with van der Waals surface area (Å²) in [5.41, 5.74) is 9.36. The lowest BCUT2D eigenvalue weighted by molar-refractivity contribution is 0.977. The van der Waals surface area contributed by atoms with Crippen LogP contribution in [0.25, 0.3) is 0 Å². The van der Waals surface area contributed by atoms with Gasteiger partial charge in [-0.1, -0.05) is 54.1 Å². The first kappa shape index (κ1) is 14.1. The van der Waals surface area contributed by atoms with E-state index in [1.165, 1.54) is 39.3 Å². The number of fused-ring (bicyclic) bond motifs is 2. The van der Waals surface area contributed by atoms with Crippen LogP contribution in [0.5, 0.6) is 0 Å². The topological polar surface area (TPSA) is 3.24 Å². The quantitative estimate of drug-likeness (QED) is 0.543. The summed E-state index contributed by atoms with van der Waals surface area (Å²) in [5.74, 6) is 0. The predicted molar refractivity (Wildman–Crippen MR) is 98.0 cm³/mol. The van der Waals surface area contributed by atoms with Gasteiger partial charge in [-0.15, -0.1) is 0 Å². The van der Waals surface area contributed by atoms with Gasteiger partial charge in [-0.2, -0.15) is 0 Å². The largest absolute Gasteiger partial charge is 0.310 e. The van der Waals surface area contributed by atoms with Crippen LogP contribution in [0.15, 0.2) is 66.7 Å². The van der Waals surface area contributed by atoms with Gasteiger partial charge in [0.25, 0.3) is 0 Å². The zero-order valence-corrected chi connectivity index (χ0v) is 13.7. The summed E-state index contributed by atoms with van der Waals surface area (Å²) in [5, 5.41) is 0. The number of para-hydroxylation sites is 2. The van der Waals surface area contributed by atoms with Crippen LogP contribution in [0.4, 0.5) is 17.1 Å². The Morgan fingerprint density at radius 2 is 1.22 bits per heavy atom. The van der Waals surface area contributed by atoms with Gasteiger partial charge in [-0.3, -0.25) is 0 Å². The maximum absolute atomic E-state index is 2.44. The molecule has 23 heavy (non-hydrogen) atoms. The van der Waals surface area contributed by atoms with E-state index in [9.17, 15) is 0 Å². The van der Waals surface area contributed by atoms with E-state index in [0.717, 1.165) is 12.8 Å². The van der Waals surface area contributed by atoms with E-state index < -0.39 is 0 Å². The fourth-order valence-corrected chi connectivity index (χ4v) is 3.60. The monoisotopic (exact) mass is 299 g/mol. The zero-order chi connectivity index (χ0) is 15.8. The molecule has 4 rings (SSSR count). The number of benzene rings is 3. The van der Waals surface area contributed by atoms with E-state index in [0.29, 0.717) is 0 Å². The van der Waals surface area contributed by atoms with Gasteiger partial charge in [0, 0.05) is 17.1 Å². The molecule has 0 aromatic heterocycles. The number of anilines is 3. The molecule has 0 aliphatic carbocycles. The summed E-state index contributed by atoms with van der Waals surface area (Å²) in [4.78, 5) is 2.44. The van der Waals surface area contributed by atoms with Crippen molar-refractivity contribution in [2.75, 3.05) is 4.90 Å². The van der Waals surface area contributed by atoms with Gasteiger partial charge in [0.15, 0.2) is 0 Å². The Hall–Kier alpha value is -2.54. The third kappa shape index (κ3) is 2.43. The van der Waals surface area contributed by atoms with Crippen LogP contribution in [-0.4, -0.2) is 0 Å². The van der Waals surface area contributed by atoms with Gasteiger partial charge >= 0.3 is 0 Å². The molecule has 0 atom stereocenters. The van der Waals surface area contributed by atoms with Crippen LogP contribution in [0.3, 0.4) is 0 Å². The highest BCUT2D eigenvalue weighted by Crippen LogP contribution is 2.42. The number of hydrogen-bond acceptors (Lipinski definition) is 1. The van der Waals surface area contributed by atoms with Gasteiger partial charge in [0.2, 0.25) is 0 Å². The highest BCUT2D eigenvalue weighted by atomic mass is 15.2.